The van der Waals surface area contributed by atoms with Gasteiger partial charge in [0.1, 0.15) is 11.6 Å². The van der Waals surface area contributed by atoms with Crippen LogP contribution in [-0.2, 0) is 16.0 Å². The van der Waals surface area contributed by atoms with Crippen molar-refractivity contribution in [2.45, 2.75) is 38.8 Å². The molecule has 0 amide bonds. The lowest BCUT2D eigenvalue weighted by Gasteiger charge is -2.18. The van der Waals surface area contributed by atoms with Gasteiger partial charge >= 0.3 is 11.9 Å². The molecule has 0 radical (unpaired) electrons. The van der Waals surface area contributed by atoms with E-state index >= 15 is 0 Å². The molecule has 0 fully saturated rings. The summed E-state index contributed by atoms with van der Waals surface area (Å²) in [6.07, 6.45) is 1.45. The number of H-pyrrole nitrogens is 1. The van der Waals surface area contributed by atoms with E-state index in [2.05, 4.69) is 9.97 Å². The molecule has 0 unspecified atom stereocenters. The number of hydrogen-bond acceptors (Lipinski definition) is 5. The van der Waals surface area contributed by atoms with Gasteiger partial charge in [0.2, 0.25) is 5.82 Å². The maximum Gasteiger partial charge on any atom is 0.374 e. The summed E-state index contributed by atoms with van der Waals surface area (Å²) in [5.41, 5.74) is 5.24. The molecule has 4 N–H and O–H groups in total. The molecule has 100 valence electrons. The van der Waals surface area contributed by atoms with Crippen LogP contribution >= 0.6 is 0 Å². The molecular formula is C11H17N3O4. The van der Waals surface area contributed by atoms with Gasteiger partial charge < -0.3 is 20.6 Å². The highest BCUT2D eigenvalue weighted by molar-refractivity contribution is 5.85. The van der Waals surface area contributed by atoms with E-state index < -0.39 is 23.6 Å². The van der Waals surface area contributed by atoms with Crippen LogP contribution in [0.15, 0.2) is 6.20 Å². The third kappa shape index (κ3) is 4.17. The lowest BCUT2D eigenvalue weighted by atomic mass is 10.2. The molecule has 0 bridgehead atoms. The minimum Gasteiger partial charge on any atom is -0.480 e. The Hall–Kier alpha value is -1.89. The molecule has 0 aliphatic carbocycles. The first-order valence-corrected chi connectivity index (χ1v) is 5.44. The normalized spacial score (nSPS) is 13.1. The molecule has 1 atom stereocenters. The van der Waals surface area contributed by atoms with Gasteiger partial charge in [-0.3, -0.25) is 4.79 Å². The van der Waals surface area contributed by atoms with Crippen LogP contribution in [0.5, 0.6) is 0 Å². The van der Waals surface area contributed by atoms with E-state index in [9.17, 15) is 9.59 Å². The van der Waals surface area contributed by atoms with E-state index in [0.29, 0.717) is 5.69 Å². The fourth-order valence-corrected chi connectivity index (χ4v) is 1.22. The number of nitrogens with two attached hydrogens (primary N) is 1. The van der Waals surface area contributed by atoms with Crippen LogP contribution in [0.2, 0.25) is 0 Å². The molecule has 0 spiro atoms. The first-order chi connectivity index (χ1) is 8.19. The van der Waals surface area contributed by atoms with Crippen molar-refractivity contribution >= 4 is 11.9 Å². The number of aliphatic carboxylic acids is 1. The van der Waals surface area contributed by atoms with E-state index in [1.165, 1.54) is 6.20 Å². The Balaban J connectivity index is 2.69. The average Bonchev–Trinajstić information content (AvgIpc) is 2.63. The number of hydrogen-bond donors (Lipinski definition) is 3. The van der Waals surface area contributed by atoms with Gasteiger partial charge in [0, 0.05) is 18.3 Å². The molecule has 0 aliphatic rings. The standard InChI is InChI=1S/C11H17N3O4/c1-11(2,3)18-10(17)8-13-5-6(14-8)4-7(12)9(15)16/h5,7H,4,12H2,1-3H3,(H,13,14)(H,15,16)/t7-/m1/s1. The SMILES string of the molecule is CC(C)(C)OC(=O)c1ncc(C[C@@H](N)C(=O)O)[nH]1. The number of nitrogens with zero attached hydrogens (tertiary/aromatic N) is 1. The van der Waals surface area contributed by atoms with Crippen molar-refractivity contribution in [2.24, 2.45) is 5.73 Å². The predicted octanol–water partition coefficient (Wildman–Crippen LogP) is 0.319. The van der Waals surface area contributed by atoms with Gasteiger partial charge in [-0.1, -0.05) is 0 Å². The maximum atomic E-state index is 11.6. The van der Waals surface area contributed by atoms with Gasteiger partial charge in [-0.15, -0.1) is 0 Å². The fraction of sp³-hybridized carbons (Fsp3) is 0.545. The summed E-state index contributed by atoms with van der Waals surface area (Å²) in [6, 6.07) is -1.03. The molecule has 1 aromatic rings. The van der Waals surface area contributed by atoms with Crippen LogP contribution in [0.3, 0.4) is 0 Å². The monoisotopic (exact) mass is 255 g/mol. The minimum atomic E-state index is -1.11. The average molecular weight is 255 g/mol. The Morgan fingerprint density at radius 3 is 2.67 bits per heavy atom. The van der Waals surface area contributed by atoms with E-state index in [-0.39, 0.29) is 12.2 Å². The van der Waals surface area contributed by atoms with Crippen LogP contribution in [0.25, 0.3) is 0 Å². The predicted molar refractivity (Wildman–Crippen MR) is 63.1 cm³/mol. The van der Waals surface area contributed by atoms with Gasteiger partial charge in [0.25, 0.3) is 0 Å². The van der Waals surface area contributed by atoms with Crippen molar-refractivity contribution < 1.29 is 19.4 Å². The first-order valence-electron chi connectivity index (χ1n) is 5.44. The number of ether oxygens (including phenoxy) is 1. The van der Waals surface area contributed by atoms with Crippen LogP contribution in [-0.4, -0.2) is 38.7 Å². The highest BCUT2D eigenvalue weighted by atomic mass is 16.6. The van der Waals surface area contributed by atoms with E-state index in [0.717, 1.165) is 0 Å². The molecule has 1 heterocycles. The number of carboxylic acids is 1. The summed E-state index contributed by atoms with van der Waals surface area (Å²) in [4.78, 5) is 28.7. The van der Waals surface area contributed by atoms with E-state index in [4.69, 9.17) is 15.6 Å². The number of carbonyl (C=O) groups is 2. The highest BCUT2D eigenvalue weighted by Crippen LogP contribution is 2.10. The lowest BCUT2D eigenvalue weighted by molar-refractivity contribution is -0.138. The number of nitrogens with one attached hydrogen (secondary N) is 1. The second-order valence-corrected chi connectivity index (χ2v) is 4.91. The molecule has 7 heteroatoms. The van der Waals surface area contributed by atoms with E-state index in [1.807, 2.05) is 0 Å². The van der Waals surface area contributed by atoms with Crippen LogP contribution in [0.1, 0.15) is 37.1 Å². The smallest absolute Gasteiger partial charge is 0.374 e. The van der Waals surface area contributed by atoms with Gasteiger partial charge in [-0.25, -0.2) is 9.78 Å². The first kappa shape index (κ1) is 14.2. The minimum absolute atomic E-state index is 0.0394. The van der Waals surface area contributed by atoms with Gasteiger partial charge in [-0.2, -0.15) is 0 Å². The molecular weight excluding hydrogens is 238 g/mol. The Kier molecular flexibility index (Phi) is 4.07. The number of aromatic nitrogens is 2. The van der Waals surface area contributed by atoms with Crippen LogP contribution < -0.4 is 5.73 Å². The summed E-state index contributed by atoms with van der Waals surface area (Å²) in [5, 5.41) is 8.66. The quantitative estimate of drug-likeness (QED) is 0.667. The largest absolute Gasteiger partial charge is 0.480 e. The second-order valence-electron chi connectivity index (χ2n) is 4.91. The van der Waals surface area contributed by atoms with Crippen LogP contribution in [0.4, 0.5) is 0 Å². The molecule has 0 aliphatic heterocycles. The molecule has 0 saturated heterocycles. The fourth-order valence-electron chi connectivity index (χ4n) is 1.22. The topological polar surface area (TPSA) is 118 Å². The van der Waals surface area contributed by atoms with Crippen molar-refractivity contribution in [1.29, 1.82) is 0 Å². The number of rotatable bonds is 4. The lowest BCUT2D eigenvalue weighted by Crippen LogP contribution is -2.32. The Morgan fingerprint density at radius 1 is 1.56 bits per heavy atom. The number of carboxylic acid groups (broad SMARTS) is 1. The number of aromatic amines is 1. The zero-order valence-corrected chi connectivity index (χ0v) is 10.6. The maximum absolute atomic E-state index is 11.6. The summed E-state index contributed by atoms with van der Waals surface area (Å²) < 4.78 is 5.11. The number of esters is 1. The second kappa shape index (κ2) is 5.18. The van der Waals surface area contributed by atoms with Gasteiger partial charge in [0.05, 0.1) is 0 Å². The summed E-state index contributed by atoms with van der Waals surface area (Å²) >= 11 is 0. The summed E-state index contributed by atoms with van der Waals surface area (Å²) in [5.74, 6) is -1.65. The molecule has 0 aromatic carbocycles. The van der Waals surface area contributed by atoms with Crippen molar-refractivity contribution in [1.82, 2.24) is 9.97 Å². The summed E-state index contributed by atoms with van der Waals surface area (Å²) in [6.45, 7) is 5.24. The number of carbonyl (C=O) groups excluding carboxylic acids is 1. The van der Waals surface area contributed by atoms with Crippen molar-refractivity contribution in [2.75, 3.05) is 0 Å². The Bertz CT molecular complexity index is 447. The number of imidazole rings is 1. The highest BCUT2D eigenvalue weighted by Gasteiger charge is 2.21. The zero-order chi connectivity index (χ0) is 13.9. The molecule has 1 rings (SSSR count). The molecule has 1 aromatic heterocycles. The summed E-state index contributed by atoms with van der Waals surface area (Å²) in [7, 11) is 0. The van der Waals surface area contributed by atoms with Gasteiger partial charge in [0.15, 0.2) is 0 Å². The third-order valence-electron chi connectivity index (χ3n) is 1.98. The molecule has 18 heavy (non-hydrogen) atoms. The van der Waals surface area contributed by atoms with Gasteiger partial charge in [-0.05, 0) is 20.8 Å². The third-order valence-corrected chi connectivity index (χ3v) is 1.98. The zero-order valence-electron chi connectivity index (χ0n) is 10.6. The van der Waals surface area contributed by atoms with Crippen molar-refractivity contribution in [3.05, 3.63) is 17.7 Å². The molecule has 7 nitrogen and oxygen atoms in total. The Labute approximate surface area is 104 Å². The molecule has 0 saturated carbocycles. The van der Waals surface area contributed by atoms with Crippen molar-refractivity contribution in [3.8, 4) is 0 Å². The van der Waals surface area contributed by atoms with E-state index in [1.54, 1.807) is 20.8 Å². The van der Waals surface area contributed by atoms with Crippen molar-refractivity contribution in [3.63, 3.8) is 0 Å². The Morgan fingerprint density at radius 2 is 2.17 bits per heavy atom. The van der Waals surface area contributed by atoms with Crippen LogP contribution in [0, 0.1) is 0 Å².